The summed E-state index contributed by atoms with van der Waals surface area (Å²) in [4.78, 5) is 10.2. The number of hydrogen-bond donors (Lipinski definition) is 2. The fourth-order valence-corrected chi connectivity index (χ4v) is 1.25. The Morgan fingerprint density at radius 2 is 2.00 bits per heavy atom. The van der Waals surface area contributed by atoms with E-state index in [0.717, 1.165) is 12.3 Å². The second-order valence-corrected chi connectivity index (χ2v) is 3.41. The molecule has 0 fully saturated rings. The smallest absolute Gasteiger partial charge is 0.303 e. The number of benzene rings is 1. The molecule has 2 N–H and O–H groups in total. The summed E-state index contributed by atoms with van der Waals surface area (Å²) < 4.78 is 5.45. The average molecular weight is 223 g/mol. The molecule has 0 spiro atoms. The van der Waals surface area contributed by atoms with Crippen molar-refractivity contribution >= 4 is 5.97 Å². The molecule has 88 valence electrons. The van der Waals surface area contributed by atoms with Crippen LogP contribution in [0.4, 0.5) is 0 Å². The van der Waals surface area contributed by atoms with E-state index in [1.54, 1.807) is 0 Å². The highest BCUT2D eigenvalue weighted by Crippen LogP contribution is 2.07. The predicted octanol–water partition coefficient (Wildman–Crippen LogP) is 1.52. The van der Waals surface area contributed by atoms with Crippen LogP contribution in [0.2, 0.25) is 0 Å². The molecule has 0 aliphatic rings. The first kappa shape index (κ1) is 12.5. The van der Waals surface area contributed by atoms with Gasteiger partial charge in [-0.15, -0.1) is 0 Å². The first-order valence-corrected chi connectivity index (χ1v) is 5.39. The third kappa shape index (κ3) is 6.03. The molecular formula is C12H17NO3. The Morgan fingerprint density at radius 1 is 1.25 bits per heavy atom. The van der Waals surface area contributed by atoms with Gasteiger partial charge in [-0.1, -0.05) is 18.2 Å². The lowest BCUT2D eigenvalue weighted by atomic mass is 10.3. The molecule has 4 nitrogen and oxygen atoms in total. The van der Waals surface area contributed by atoms with Crippen molar-refractivity contribution in [3.63, 3.8) is 0 Å². The van der Waals surface area contributed by atoms with E-state index in [-0.39, 0.29) is 6.42 Å². The SMILES string of the molecule is O=C(O)CCCNCCOc1ccccc1. The van der Waals surface area contributed by atoms with Crippen LogP contribution in [-0.2, 0) is 4.79 Å². The van der Waals surface area contributed by atoms with Gasteiger partial charge in [0.15, 0.2) is 0 Å². The molecule has 0 bridgehead atoms. The van der Waals surface area contributed by atoms with E-state index in [9.17, 15) is 4.79 Å². The summed E-state index contributed by atoms with van der Waals surface area (Å²) in [5, 5.41) is 11.5. The Bertz CT molecular complexity index is 300. The summed E-state index contributed by atoms with van der Waals surface area (Å²) in [5.74, 6) is 0.108. The zero-order valence-corrected chi connectivity index (χ0v) is 9.19. The minimum Gasteiger partial charge on any atom is -0.492 e. The Balaban J connectivity index is 1.94. The lowest BCUT2D eigenvalue weighted by Crippen LogP contribution is -2.22. The molecule has 0 aliphatic carbocycles. The number of rotatable bonds is 8. The average Bonchev–Trinajstić information content (AvgIpc) is 2.29. The first-order valence-electron chi connectivity index (χ1n) is 5.39. The number of carboxylic acid groups (broad SMARTS) is 1. The standard InChI is InChI=1S/C12H17NO3/c14-12(15)7-4-8-13-9-10-16-11-5-2-1-3-6-11/h1-3,5-6,13H,4,7-10H2,(H,14,15). The van der Waals surface area contributed by atoms with Gasteiger partial charge in [-0.05, 0) is 25.1 Å². The molecule has 0 heterocycles. The minimum absolute atomic E-state index is 0.215. The van der Waals surface area contributed by atoms with Crippen LogP contribution in [-0.4, -0.2) is 30.8 Å². The maximum absolute atomic E-state index is 10.2. The maximum Gasteiger partial charge on any atom is 0.303 e. The van der Waals surface area contributed by atoms with Crippen LogP contribution in [0.25, 0.3) is 0 Å². The van der Waals surface area contributed by atoms with Crippen LogP contribution in [0.15, 0.2) is 30.3 Å². The molecule has 0 aliphatic heterocycles. The largest absolute Gasteiger partial charge is 0.492 e. The van der Waals surface area contributed by atoms with E-state index in [4.69, 9.17) is 9.84 Å². The molecule has 0 unspecified atom stereocenters. The van der Waals surface area contributed by atoms with Crippen LogP contribution in [0.3, 0.4) is 0 Å². The summed E-state index contributed by atoms with van der Waals surface area (Å²) >= 11 is 0. The lowest BCUT2D eigenvalue weighted by Gasteiger charge is -2.06. The summed E-state index contributed by atoms with van der Waals surface area (Å²) in [7, 11) is 0. The highest BCUT2D eigenvalue weighted by Gasteiger charge is 1.95. The molecule has 0 saturated heterocycles. The van der Waals surface area contributed by atoms with E-state index < -0.39 is 5.97 Å². The summed E-state index contributed by atoms with van der Waals surface area (Å²) in [6, 6.07) is 9.61. The van der Waals surface area contributed by atoms with Crippen molar-refractivity contribution in [2.45, 2.75) is 12.8 Å². The number of para-hydroxylation sites is 1. The number of hydrogen-bond acceptors (Lipinski definition) is 3. The van der Waals surface area contributed by atoms with Crippen molar-refractivity contribution in [3.8, 4) is 5.75 Å². The quantitative estimate of drug-likeness (QED) is 0.656. The zero-order chi connectivity index (χ0) is 11.6. The Morgan fingerprint density at radius 3 is 2.69 bits per heavy atom. The Labute approximate surface area is 95.2 Å². The number of aliphatic carboxylic acids is 1. The van der Waals surface area contributed by atoms with Gasteiger partial charge in [0.05, 0.1) is 0 Å². The molecule has 1 aromatic carbocycles. The number of nitrogens with one attached hydrogen (secondary N) is 1. The molecule has 4 heteroatoms. The van der Waals surface area contributed by atoms with Gasteiger partial charge in [0.2, 0.25) is 0 Å². The first-order chi connectivity index (χ1) is 7.79. The van der Waals surface area contributed by atoms with Crippen molar-refractivity contribution in [2.75, 3.05) is 19.7 Å². The van der Waals surface area contributed by atoms with Gasteiger partial charge in [0.25, 0.3) is 0 Å². The van der Waals surface area contributed by atoms with Crippen molar-refractivity contribution < 1.29 is 14.6 Å². The lowest BCUT2D eigenvalue weighted by molar-refractivity contribution is -0.137. The van der Waals surface area contributed by atoms with Gasteiger partial charge in [-0.3, -0.25) is 4.79 Å². The highest BCUT2D eigenvalue weighted by molar-refractivity contribution is 5.66. The van der Waals surface area contributed by atoms with Gasteiger partial charge >= 0.3 is 5.97 Å². The van der Waals surface area contributed by atoms with Crippen LogP contribution < -0.4 is 10.1 Å². The Kier molecular flexibility index (Phi) is 6.03. The molecule has 0 radical (unpaired) electrons. The predicted molar refractivity (Wildman–Crippen MR) is 61.7 cm³/mol. The fourth-order valence-electron chi connectivity index (χ4n) is 1.25. The van der Waals surface area contributed by atoms with Gasteiger partial charge in [0, 0.05) is 13.0 Å². The van der Waals surface area contributed by atoms with Crippen LogP contribution >= 0.6 is 0 Å². The third-order valence-corrected chi connectivity index (χ3v) is 2.03. The monoisotopic (exact) mass is 223 g/mol. The minimum atomic E-state index is -0.748. The van der Waals surface area contributed by atoms with Gasteiger partial charge in [-0.25, -0.2) is 0 Å². The number of carbonyl (C=O) groups is 1. The normalized spacial score (nSPS) is 10.0. The third-order valence-electron chi connectivity index (χ3n) is 2.03. The summed E-state index contributed by atoms with van der Waals surface area (Å²) in [6.07, 6.45) is 0.868. The van der Waals surface area contributed by atoms with Gasteiger partial charge < -0.3 is 15.2 Å². The van der Waals surface area contributed by atoms with E-state index in [1.807, 2.05) is 30.3 Å². The maximum atomic E-state index is 10.2. The second-order valence-electron chi connectivity index (χ2n) is 3.41. The summed E-state index contributed by atoms with van der Waals surface area (Å²) in [6.45, 7) is 2.04. The number of carboxylic acids is 1. The molecule has 1 rings (SSSR count). The van der Waals surface area contributed by atoms with Crippen molar-refractivity contribution in [2.24, 2.45) is 0 Å². The zero-order valence-electron chi connectivity index (χ0n) is 9.19. The summed E-state index contributed by atoms with van der Waals surface area (Å²) in [5.41, 5.74) is 0. The van der Waals surface area contributed by atoms with Crippen LogP contribution in [0.5, 0.6) is 5.75 Å². The topological polar surface area (TPSA) is 58.6 Å². The van der Waals surface area contributed by atoms with Crippen molar-refractivity contribution in [1.29, 1.82) is 0 Å². The molecule has 16 heavy (non-hydrogen) atoms. The molecule has 1 aromatic rings. The number of ether oxygens (including phenoxy) is 1. The van der Waals surface area contributed by atoms with Crippen LogP contribution in [0.1, 0.15) is 12.8 Å². The van der Waals surface area contributed by atoms with Crippen molar-refractivity contribution in [3.05, 3.63) is 30.3 Å². The van der Waals surface area contributed by atoms with Crippen LogP contribution in [0, 0.1) is 0 Å². The van der Waals surface area contributed by atoms with E-state index >= 15 is 0 Å². The fraction of sp³-hybridized carbons (Fsp3) is 0.417. The van der Waals surface area contributed by atoms with E-state index in [0.29, 0.717) is 19.6 Å². The van der Waals surface area contributed by atoms with Gasteiger partial charge in [-0.2, -0.15) is 0 Å². The second kappa shape index (κ2) is 7.70. The molecule has 0 atom stereocenters. The van der Waals surface area contributed by atoms with Crippen molar-refractivity contribution in [1.82, 2.24) is 5.32 Å². The van der Waals surface area contributed by atoms with E-state index in [1.165, 1.54) is 0 Å². The molecule has 0 saturated carbocycles. The molecule has 0 amide bonds. The van der Waals surface area contributed by atoms with E-state index in [2.05, 4.69) is 5.32 Å². The highest BCUT2D eigenvalue weighted by atomic mass is 16.5. The Hall–Kier alpha value is -1.55. The molecule has 0 aromatic heterocycles. The van der Waals surface area contributed by atoms with Gasteiger partial charge in [0.1, 0.15) is 12.4 Å². The molecular weight excluding hydrogens is 206 g/mol.